The number of rotatable bonds is 3. The summed E-state index contributed by atoms with van der Waals surface area (Å²) < 4.78 is 6.09. The lowest BCUT2D eigenvalue weighted by atomic mass is 9.77. The smallest absolute Gasteiger partial charge is 0.0783 e. The Labute approximate surface area is 127 Å². The third-order valence-electron chi connectivity index (χ3n) is 6.57. The first-order valence-corrected chi connectivity index (χ1v) is 9.79. The van der Waals surface area contributed by atoms with Gasteiger partial charge in [-0.25, -0.2) is 0 Å². The average molecular weight is 296 g/mol. The lowest BCUT2D eigenvalue weighted by Crippen LogP contribution is -2.43. The Bertz CT molecular complexity index is 353. The van der Waals surface area contributed by atoms with Crippen molar-refractivity contribution >= 4 is 11.8 Å². The molecule has 0 aromatic rings. The number of fused-ring (bicyclic) bond motifs is 2. The molecule has 3 heteroatoms. The van der Waals surface area contributed by atoms with Crippen LogP contribution >= 0.6 is 11.8 Å². The molecule has 0 aromatic heterocycles. The number of hydrogen-bond donors (Lipinski definition) is 1. The van der Waals surface area contributed by atoms with Gasteiger partial charge in [-0.05, 0) is 74.4 Å². The molecule has 6 atom stereocenters. The first-order valence-electron chi connectivity index (χ1n) is 8.64. The van der Waals surface area contributed by atoms with Crippen molar-refractivity contribution in [3.8, 4) is 0 Å². The van der Waals surface area contributed by atoms with Crippen molar-refractivity contribution in [3.63, 3.8) is 0 Å². The maximum Gasteiger partial charge on any atom is 0.0783 e. The topological polar surface area (TPSA) is 29.5 Å². The zero-order valence-electron chi connectivity index (χ0n) is 12.4. The van der Waals surface area contributed by atoms with Crippen molar-refractivity contribution < 1.29 is 9.84 Å². The lowest BCUT2D eigenvalue weighted by molar-refractivity contribution is -0.104. The number of thioether (sulfide) groups is 1. The zero-order chi connectivity index (χ0) is 13.6. The van der Waals surface area contributed by atoms with Crippen molar-refractivity contribution in [3.05, 3.63) is 0 Å². The van der Waals surface area contributed by atoms with E-state index in [1.807, 2.05) is 11.8 Å². The van der Waals surface area contributed by atoms with E-state index in [1.165, 1.54) is 37.9 Å². The van der Waals surface area contributed by atoms with E-state index < -0.39 is 0 Å². The molecule has 2 saturated carbocycles. The second-order valence-electron chi connectivity index (χ2n) is 7.82. The molecule has 114 valence electrons. The molecule has 2 nitrogen and oxygen atoms in total. The third-order valence-corrected chi connectivity index (χ3v) is 7.79. The normalized spacial score (nSPS) is 49.0. The predicted octanol–water partition coefficient (Wildman–Crippen LogP) is 3.48. The van der Waals surface area contributed by atoms with Gasteiger partial charge in [0.1, 0.15) is 0 Å². The minimum atomic E-state index is -0.0641. The fourth-order valence-electron chi connectivity index (χ4n) is 5.43. The van der Waals surface area contributed by atoms with E-state index >= 15 is 0 Å². The van der Waals surface area contributed by atoms with Gasteiger partial charge in [0, 0.05) is 12.4 Å². The number of ether oxygens (including phenoxy) is 1. The molecule has 0 amide bonds. The molecule has 4 aliphatic rings. The summed E-state index contributed by atoms with van der Waals surface area (Å²) in [4.78, 5) is 0. The SMILES string of the molecule is OC(CC1CC2CCC1C2)C1CCOC2(CCSC2)C1. The van der Waals surface area contributed by atoms with Gasteiger partial charge in [0.05, 0.1) is 11.7 Å². The molecule has 1 N–H and O–H groups in total. The van der Waals surface area contributed by atoms with Gasteiger partial charge in [0.25, 0.3) is 0 Å². The first-order chi connectivity index (χ1) is 9.74. The van der Waals surface area contributed by atoms with Crippen LogP contribution in [0.4, 0.5) is 0 Å². The van der Waals surface area contributed by atoms with Gasteiger partial charge >= 0.3 is 0 Å². The minimum Gasteiger partial charge on any atom is -0.393 e. The number of aliphatic hydroxyl groups is 1. The molecule has 2 heterocycles. The fraction of sp³-hybridized carbons (Fsp3) is 1.00. The summed E-state index contributed by atoms with van der Waals surface area (Å²) in [6, 6.07) is 0. The van der Waals surface area contributed by atoms with Crippen LogP contribution in [-0.2, 0) is 4.74 Å². The summed E-state index contributed by atoms with van der Waals surface area (Å²) in [7, 11) is 0. The quantitative estimate of drug-likeness (QED) is 0.864. The van der Waals surface area contributed by atoms with E-state index in [2.05, 4.69) is 0 Å². The molecule has 1 spiro atoms. The van der Waals surface area contributed by atoms with Gasteiger partial charge in [-0.1, -0.05) is 6.42 Å². The van der Waals surface area contributed by atoms with Gasteiger partial charge < -0.3 is 9.84 Å². The van der Waals surface area contributed by atoms with E-state index in [9.17, 15) is 5.11 Å². The van der Waals surface area contributed by atoms with Gasteiger partial charge in [-0.15, -0.1) is 0 Å². The third kappa shape index (κ3) is 2.55. The second-order valence-corrected chi connectivity index (χ2v) is 8.93. The Kier molecular flexibility index (Phi) is 3.81. The molecule has 2 bridgehead atoms. The highest BCUT2D eigenvalue weighted by Crippen LogP contribution is 2.51. The second kappa shape index (κ2) is 5.48. The zero-order valence-corrected chi connectivity index (χ0v) is 13.2. The Morgan fingerprint density at radius 1 is 1.25 bits per heavy atom. The molecule has 6 unspecified atom stereocenters. The highest BCUT2D eigenvalue weighted by atomic mass is 32.2. The average Bonchev–Trinajstić information content (AvgIpc) is 3.16. The summed E-state index contributed by atoms with van der Waals surface area (Å²) in [5.41, 5.74) is 0.128. The monoisotopic (exact) mass is 296 g/mol. The first kappa shape index (κ1) is 13.9. The van der Waals surface area contributed by atoms with E-state index in [0.717, 1.165) is 49.4 Å². The minimum absolute atomic E-state index is 0.0641. The van der Waals surface area contributed by atoms with Crippen LogP contribution in [0.2, 0.25) is 0 Å². The highest BCUT2D eigenvalue weighted by Gasteiger charge is 2.44. The van der Waals surface area contributed by atoms with Gasteiger partial charge in [-0.2, -0.15) is 11.8 Å². The van der Waals surface area contributed by atoms with E-state index in [1.54, 1.807) is 0 Å². The summed E-state index contributed by atoms with van der Waals surface area (Å²) in [5, 5.41) is 10.7. The van der Waals surface area contributed by atoms with Crippen molar-refractivity contribution in [2.45, 2.75) is 63.1 Å². The van der Waals surface area contributed by atoms with Crippen LogP contribution in [0.1, 0.15) is 51.4 Å². The van der Waals surface area contributed by atoms with E-state index in [0.29, 0.717) is 5.92 Å². The summed E-state index contributed by atoms with van der Waals surface area (Å²) in [5.74, 6) is 5.69. The molecule has 20 heavy (non-hydrogen) atoms. The molecule has 2 saturated heterocycles. The summed E-state index contributed by atoms with van der Waals surface area (Å²) >= 11 is 2.03. The summed E-state index contributed by atoms with van der Waals surface area (Å²) in [6.45, 7) is 0.874. The Morgan fingerprint density at radius 2 is 2.20 bits per heavy atom. The Balaban J connectivity index is 1.35. The molecule has 0 aromatic carbocycles. The van der Waals surface area contributed by atoms with Crippen LogP contribution in [0.3, 0.4) is 0 Å². The molecule has 4 fully saturated rings. The summed E-state index contributed by atoms with van der Waals surface area (Å²) in [6.07, 6.45) is 10.2. The number of aliphatic hydroxyl groups excluding tert-OH is 1. The standard InChI is InChI=1S/C17H28O2S/c18-16(9-15-8-12-1-2-13(15)7-12)14-3-5-19-17(10-14)4-6-20-11-17/h12-16,18H,1-11H2. The van der Waals surface area contributed by atoms with Gasteiger partial charge in [0.2, 0.25) is 0 Å². The van der Waals surface area contributed by atoms with Crippen LogP contribution in [0.15, 0.2) is 0 Å². The van der Waals surface area contributed by atoms with Crippen molar-refractivity contribution in [1.29, 1.82) is 0 Å². The van der Waals surface area contributed by atoms with Crippen molar-refractivity contribution in [1.82, 2.24) is 0 Å². The van der Waals surface area contributed by atoms with E-state index in [-0.39, 0.29) is 11.7 Å². The van der Waals surface area contributed by atoms with Crippen LogP contribution in [0.25, 0.3) is 0 Å². The van der Waals surface area contributed by atoms with Gasteiger partial charge in [-0.3, -0.25) is 0 Å². The van der Waals surface area contributed by atoms with Gasteiger partial charge in [0.15, 0.2) is 0 Å². The molecule has 2 aliphatic heterocycles. The molecule has 4 rings (SSSR count). The van der Waals surface area contributed by atoms with Crippen LogP contribution in [-0.4, -0.2) is 34.9 Å². The Morgan fingerprint density at radius 3 is 2.90 bits per heavy atom. The maximum atomic E-state index is 10.7. The van der Waals surface area contributed by atoms with Crippen LogP contribution in [0, 0.1) is 23.7 Å². The largest absolute Gasteiger partial charge is 0.393 e. The van der Waals surface area contributed by atoms with Crippen molar-refractivity contribution in [2.24, 2.45) is 23.7 Å². The fourth-order valence-corrected chi connectivity index (χ4v) is 6.80. The number of hydrogen-bond acceptors (Lipinski definition) is 3. The molecular formula is C17H28O2S. The predicted molar refractivity (Wildman–Crippen MR) is 82.9 cm³/mol. The highest BCUT2D eigenvalue weighted by molar-refractivity contribution is 7.99. The maximum absolute atomic E-state index is 10.7. The molecule has 0 radical (unpaired) electrons. The van der Waals surface area contributed by atoms with Crippen molar-refractivity contribution in [2.75, 3.05) is 18.1 Å². The van der Waals surface area contributed by atoms with E-state index in [4.69, 9.17) is 4.74 Å². The Hall–Kier alpha value is 0.270. The lowest BCUT2D eigenvalue weighted by Gasteiger charge is -2.40. The molecule has 2 aliphatic carbocycles. The van der Waals surface area contributed by atoms with Crippen LogP contribution in [0.5, 0.6) is 0 Å². The van der Waals surface area contributed by atoms with Crippen LogP contribution < -0.4 is 0 Å². The molecular weight excluding hydrogens is 268 g/mol.